The van der Waals surface area contributed by atoms with Crippen molar-refractivity contribution < 1.29 is 4.74 Å². The zero-order chi connectivity index (χ0) is 15.4. The smallest absolute Gasteiger partial charge is 0.131 e. The summed E-state index contributed by atoms with van der Waals surface area (Å²) in [6.07, 6.45) is 2.62. The van der Waals surface area contributed by atoms with Gasteiger partial charge in [-0.15, -0.1) is 11.3 Å². The molecule has 3 nitrogen and oxygen atoms in total. The van der Waals surface area contributed by atoms with E-state index in [-0.39, 0.29) is 0 Å². The largest absolute Gasteiger partial charge is 0.377 e. The molecule has 0 aliphatic carbocycles. The van der Waals surface area contributed by atoms with Gasteiger partial charge in [-0.3, -0.25) is 4.90 Å². The number of aromatic nitrogens is 1. The molecule has 1 atom stereocenters. The first-order valence-electron chi connectivity index (χ1n) is 7.37. The van der Waals surface area contributed by atoms with Gasteiger partial charge in [-0.25, -0.2) is 4.98 Å². The maximum absolute atomic E-state index is 6.01. The molecule has 3 rings (SSSR count). The second kappa shape index (κ2) is 7.75. The number of hydrogen-bond acceptors (Lipinski definition) is 4. The molecule has 0 radical (unpaired) electrons. The molecule has 22 heavy (non-hydrogen) atoms. The molecule has 1 aliphatic rings. The number of hydrogen-bond donors (Lipinski definition) is 0. The lowest BCUT2D eigenvalue weighted by Gasteiger charge is -2.25. The van der Waals surface area contributed by atoms with E-state index in [1.807, 2.05) is 12.1 Å². The summed E-state index contributed by atoms with van der Waals surface area (Å²) < 4.78 is 5.79. The topological polar surface area (TPSA) is 25.4 Å². The molecule has 1 saturated heterocycles. The van der Waals surface area contributed by atoms with Gasteiger partial charge in [0.25, 0.3) is 0 Å². The summed E-state index contributed by atoms with van der Waals surface area (Å²) in [5, 5.41) is 2.99. The summed E-state index contributed by atoms with van der Waals surface area (Å²) in [4.78, 5) is 7.75. The fourth-order valence-electron chi connectivity index (χ4n) is 2.75. The molecule has 1 aliphatic heterocycles. The Balaban J connectivity index is 1.71. The number of nitrogens with zero attached hydrogens (tertiary/aromatic N) is 2. The Kier molecular flexibility index (Phi) is 5.71. The molecule has 3 heterocycles. The molecule has 0 amide bonds. The van der Waals surface area contributed by atoms with Crippen LogP contribution in [0.3, 0.4) is 0 Å². The van der Waals surface area contributed by atoms with Crippen molar-refractivity contribution in [3.05, 3.63) is 50.4 Å². The van der Waals surface area contributed by atoms with Crippen molar-refractivity contribution in [3.63, 3.8) is 0 Å². The van der Waals surface area contributed by atoms with Crippen LogP contribution in [-0.2, 0) is 17.8 Å². The maximum atomic E-state index is 6.01. The third-order valence-corrected chi connectivity index (χ3v) is 4.92. The molecular formula is C16H18Cl2N2OS. The van der Waals surface area contributed by atoms with E-state index in [9.17, 15) is 0 Å². The predicted molar refractivity (Wildman–Crippen MR) is 91.7 cm³/mol. The Morgan fingerprint density at radius 3 is 2.73 bits per heavy atom. The lowest BCUT2D eigenvalue weighted by Crippen LogP contribution is -2.31. The average molecular weight is 357 g/mol. The van der Waals surface area contributed by atoms with Gasteiger partial charge in [0.2, 0.25) is 0 Å². The standard InChI is InChI=1S/C16H18Cl2N2OS/c17-15-7-12(8-16(18)19-15)9-20(10-13-3-1-5-21-13)11-14-4-2-6-22-14/h2,4,6-8,13H,1,3,5,9-11H2. The Morgan fingerprint density at radius 1 is 1.27 bits per heavy atom. The van der Waals surface area contributed by atoms with Crippen LogP contribution in [0.25, 0.3) is 0 Å². The molecule has 1 fully saturated rings. The van der Waals surface area contributed by atoms with Crippen molar-refractivity contribution in [1.82, 2.24) is 9.88 Å². The molecule has 2 aromatic heterocycles. The molecule has 0 aromatic carbocycles. The van der Waals surface area contributed by atoms with E-state index in [0.29, 0.717) is 16.4 Å². The van der Waals surface area contributed by atoms with E-state index in [4.69, 9.17) is 27.9 Å². The molecular weight excluding hydrogens is 339 g/mol. The minimum atomic E-state index is 0.327. The van der Waals surface area contributed by atoms with E-state index >= 15 is 0 Å². The minimum Gasteiger partial charge on any atom is -0.377 e. The average Bonchev–Trinajstić information content (AvgIpc) is 3.11. The first kappa shape index (κ1) is 16.2. The number of rotatable bonds is 6. The van der Waals surface area contributed by atoms with E-state index in [1.165, 1.54) is 4.88 Å². The van der Waals surface area contributed by atoms with Gasteiger partial charge >= 0.3 is 0 Å². The van der Waals surface area contributed by atoms with Crippen LogP contribution in [0.2, 0.25) is 10.3 Å². The number of halogens is 2. The van der Waals surface area contributed by atoms with Crippen molar-refractivity contribution >= 4 is 34.5 Å². The zero-order valence-electron chi connectivity index (χ0n) is 12.2. The Labute approximate surface area is 144 Å². The van der Waals surface area contributed by atoms with Gasteiger partial charge in [0.05, 0.1) is 6.10 Å². The number of ether oxygens (including phenoxy) is 1. The van der Waals surface area contributed by atoms with Crippen molar-refractivity contribution in [1.29, 1.82) is 0 Å². The third-order valence-electron chi connectivity index (χ3n) is 3.67. The Bertz CT molecular complexity index is 580. The molecule has 2 aromatic rings. The summed E-state index contributed by atoms with van der Waals surface area (Å²) in [6, 6.07) is 8.01. The highest BCUT2D eigenvalue weighted by molar-refractivity contribution is 7.09. The second-order valence-electron chi connectivity index (χ2n) is 5.50. The van der Waals surface area contributed by atoms with Gasteiger partial charge in [0.15, 0.2) is 0 Å². The summed E-state index contributed by atoms with van der Waals surface area (Å²) >= 11 is 13.8. The molecule has 0 spiro atoms. The summed E-state index contributed by atoms with van der Waals surface area (Å²) in [5.74, 6) is 0. The van der Waals surface area contributed by atoms with Gasteiger partial charge in [-0.05, 0) is 42.0 Å². The quantitative estimate of drug-likeness (QED) is 0.705. The maximum Gasteiger partial charge on any atom is 0.131 e. The summed E-state index contributed by atoms with van der Waals surface area (Å²) in [5.41, 5.74) is 1.08. The third kappa shape index (κ3) is 4.67. The first-order valence-corrected chi connectivity index (χ1v) is 9.01. The number of thiophene rings is 1. The van der Waals surface area contributed by atoms with Crippen LogP contribution in [0.1, 0.15) is 23.3 Å². The monoisotopic (exact) mass is 356 g/mol. The molecule has 0 N–H and O–H groups in total. The van der Waals surface area contributed by atoms with Gasteiger partial charge in [-0.2, -0.15) is 0 Å². The Hall–Kier alpha value is -0.650. The molecule has 6 heteroatoms. The van der Waals surface area contributed by atoms with Crippen LogP contribution >= 0.6 is 34.5 Å². The number of pyridine rings is 1. The zero-order valence-corrected chi connectivity index (χ0v) is 14.5. The highest BCUT2D eigenvalue weighted by Gasteiger charge is 2.20. The lowest BCUT2D eigenvalue weighted by atomic mass is 10.2. The fraction of sp³-hybridized carbons (Fsp3) is 0.438. The highest BCUT2D eigenvalue weighted by Crippen LogP contribution is 2.21. The molecule has 1 unspecified atom stereocenters. The van der Waals surface area contributed by atoms with Crippen molar-refractivity contribution in [2.24, 2.45) is 0 Å². The Morgan fingerprint density at radius 2 is 2.09 bits per heavy atom. The second-order valence-corrected chi connectivity index (χ2v) is 7.31. The minimum absolute atomic E-state index is 0.327. The van der Waals surface area contributed by atoms with E-state index in [0.717, 1.165) is 44.6 Å². The normalized spacial score (nSPS) is 18.2. The first-order chi connectivity index (χ1) is 10.7. The lowest BCUT2D eigenvalue weighted by molar-refractivity contribution is 0.0682. The van der Waals surface area contributed by atoms with Crippen molar-refractivity contribution in [2.75, 3.05) is 13.2 Å². The van der Waals surface area contributed by atoms with Crippen LogP contribution < -0.4 is 0 Å². The summed E-state index contributed by atoms with van der Waals surface area (Å²) in [6.45, 7) is 3.51. The van der Waals surface area contributed by atoms with Gasteiger partial charge in [0.1, 0.15) is 10.3 Å². The van der Waals surface area contributed by atoms with Crippen molar-refractivity contribution in [2.45, 2.75) is 32.0 Å². The molecule has 0 saturated carbocycles. The SMILES string of the molecule is Clc1cc(CN(Cc2cccs2)CC2CCCO2)cc(Cl)n1. The molecule has 118 valence electrons. The van der Waals surface area contributed by atoms with E-state index in [1.54, 1.807) is 11.3 Å². The van der Waals surface area contributed by atoms with Crippen molar-refractivity contribution in [3.8, 4) is 0 Å². The molecule has 0 bridgehead atoms. The van der Waals surface area contributed by atoms with E-state index < -0.39 is 0 Å². The van der Waals surface area contributed by atoms with Crippen LogP contribution in [0.4, 0.5) is 0 Å². The van der Waals surface area contributed by atoms with Gasteiger partial charge in [-0.1, -0.05) is 29.3 Å². The van der Waals surface area contributed by atoms with Gasteiger partial charge in [0, 0.05) is 31.1 Å². The fourth-order valence-corrected chi connectivity index (χ4v) is 4.00. The van der Waals surface area contributed by atoms with E-state index in [2.05, 4.69) is 27.4 Å². The van der Waals surface area contributed by atoms with Gasteiger partial charge < -0.3 is 4.74 Å². The van der Waals surface area contributed by atoms with Crippen LogP contribution in [0, 0.1) is 0 Å². The van der Waals surface area contributed by atoms with Crippen LogP contribution in [0.5, 0.6) is 0 Å². The highest BCUT2D eigenvalue weighted by atomic mass is 35.5. The van der Waals surface area contributed by atoms with Crippen LogP contribution in [-0.4, -0.2) is 29.1 Å². The van der Waals surface area contributed by atoms with Crippen LogP contribution in [0.15, 0.2) is 29.6 Å². The predicted octanol–water partition coefficient (Wildman–Crippen LogP) is 4.63. The summed E-state index contributed by atoms with van der Waals surface area (Å²) in [7, 11) is 0.